The zero-order valence-electron chi connectivity index (χ0n) is 7.75. The molecule has 0 aromatic heterocycles. The molecule has 74 valence electrons. The van der Waals surface area contributed by atoms with Crippen LogP contribution in [0.5, 0.6) is 0 Å². The lowest BCUT2D eigenvalue weighted by Crippen LogP contribution is -2.39. The van der Waals surface area contributed by atoms with Crippen LogP contribution in [0.15, 0.2) is 0 Å². The van der Waals surface area contributed by atoms with Crippen LogP contribution in [0, 0.1) is 5.92 Å². The molecule has 5 heteroatoms. The van der Waals surface area contributed by atoms with Gasteiger partial charge in [-0.1, -0.05) is 0 Å². The van der Waals surface area contributed by atoms with E-state index in [-0.39, 0.29) is 11.8 Å². The first-order valence-corrected chi connectivity index (χ1v) is 4.88. The third kappa shape index (κ3) is 2.55. The summed E-state index contributed by atoms with van der Waals surface area (Å²) in [5, 5.41) is 3.78. The van der Waals surface area contributed by atoms with Gasteiger partial charge in [-0.25, -0.2) is 0 Å². The monoisotopic (exact) mass is 201 g/mol. The normalized spacial score (nSPS) is 21.6. The first kappa shape index (κ1) is 10.2. The molecule has 1 fully saturated rings. The molecule has 13 heavy (non-hydrogen) atoms. The molecular formula is C8H15N3OS. The molecule has 0 spiro atoms. The molecule has 0 aromatic rings. The third-order valence-electron chi connectivity index (χ3n) is 2.21. The van der Waals surface area contributed by atoms with E-state index in [1.807, 2.05) is 11.8 Å². The first-order chi connectivity index (χ1) is 6.15. The van der Waals surface area contributed by atoms with E-state index < -0.39 is 0 Å². The Labute approximate surface area is 83.5 Å². The second-order valence-electron chi connectivity index (χ2n) is 3.17. The fraction of sp³-hybridized carbons (Fsp3) is 0.750. The SMILES string of the molecule is CCNC(=S)N1CCC(C(N)=O)C1. The largest absolute Gasteiger partial charge is 0.369 e. The maximum Gasteiger partial charge on any atom is 0.222 e. The molecule has 1 unspecified atom stereocenters. The van der Waals surface area contributed by atoms with Crippen LogP contribution in [0.4, 0.5) is 0 Å². The van der Waals surface area contributed by atoms with Crippen LogP contribution < -0.4 is 11.1 Å². The number of rotatable bonds is 2. The number of thiocarbonyl (C=S) groups is 1. The van der Waals surface area contributed by atoms with E-state index in [9.17, 15) is 4.79 Å². The molecule has 1 heterocycles. The van der Waals surface area contributed by atoms with Gasteiger partial charge in [0.1, 0.15) is 0 Å². The summed E-state index contributed by atoms with van der Waals surface area (Å²) in [7, 11) is 0. The lowest BCUT2D eigenvalue weighted by molar-refractivity contribution is -0.121. The molecule has 4 nitrogen and oxygen atoms in total. The van der Waals surface area contributed by atoms with Gasteiger partial charge in [0.2, 0.25) is 5.91 Å². The Morgan fingerprint density at radius 1 is 1.77 bits per heavy atom. The van der Waals surface area contributed by atoms with Crippen molar-refractivity contribution in [2.75, 3.05) is 19.6 Å². The zero-order chi connectivity index (χ0) is 9.84. The first-order valence-electron chi connectivity index (χ1n) is 4.47. The Hall–Kier alpha value is -0.840. The van der Waals surface area contributed by atoms with E-state index in [0.717, 1.165) is 24.6 Å². The van der Waals surface area contributed by atoms with Crippen molar-refractivity contribution in [2.24, 2.45) is 11.7 Å². The Balaban J connectivity index is 2.40. The lowest BCUT2D eigenvalue weighted by atomic mass is 10.1. The maximum absolute atomic E-state index is 10.9. The average Bonchev–Trinajstić information content (AvgIpc) is 2.52. The number of amides is 1. The molecule has 1 atom stereocenters. The minimum Gasteiger partial charge on any atom is -0.369 e. The summed E-state index contributed by atoms with van der Waals surface area (Å²) in [6, 6.07) is 0. The molecule has 0 aliphatic carbocycles. The number of nitrogens with zero attached hydrogens (tertiary/aromatic N) is 1. The van der Waals surface area contributed by atoms with Crippen LogP contribution in [-0.4, -0.2) is 35.6 Å². The Morgan fingerprint density at radius 2 is 2.46 bits per heavy atom. The molecule has 1 saturated heterocycles. The molecule has 1 aliphatic rings. The van der Waals surface area contributed by atoms with Gasteiger partial charge < -0.3 is 16.0 Å². The predicted molar refractivity (Wildman–Crippen MR) is 55.1 cm³/mol. The second-order valence-corrected chi connectivity index (χ2v) is 3.56. The molecule has 0 bridgehead atoms. The summed E-state index contributed by atoms with van der Waals surface area (Å²) in [4.78, 5) is 12.9. The van der Waals surface area contributed by atoms with Gasteiger partial charge in [-0.05, 0) is 25.6 Å². The van der Waals surface area contributed by atoms with Crippen molar-refractivity contribution in [1.82, 2.24) is 10.2 Å². The fourth-order valence-corrected chi connectivity index (χ4v) is 1.75. The van der Waals surface area contributed by atoms with Gasteiger partial charge in [0.05, 0.1) is 5.92 Å². The Kier molecular flexibility index (Phi) is 3.48. The van der Waals surface area contributed by atoms with Crippen LogP contribution >= 0.6 is 12.2 Å². The van der Waals surface area contributed by atoms with Crippen molar-refractivity contribution in [1.29, 1.82) is 0 Å². The van der Waals surface area contributed by atoms with Crippen molar-refractivity contribution in [3.8, 4) is 0 Å². The highest BCUT2D eigenvalue weighted by atomic mass is 32.1. The van der Waals surface area contributed by atoms with Crippen molar-refractivity contribution in [3.63, 3.8) is 0 Å². The van der Waals surface area contributed by atoms with Gasteiger partial charge in [0.15, 0.2) is 5.11 Å². The fourth-order valence-electron chi connectivity index (χ4n) is 1.44. The number of likely N-dealkylation sites (tertiary alicyclic amines) is 1. The van der Waals surface area contributed by atoms with E-state index in [1.165, 1.54) is 0 Å². The summed E-state index contributed by atoms with van der Waals surface area (Å²) in [6.07, 6.45) is 0.820. The van der Waals surface area contributed by atoms with Crippen molar-refractivity contribution in [2.45, 2.75) is 13.3 Å². The van der Waals surface area contributed by atoms with Crippen LogP contribution in [0.3, 0.4) is 0 Å². The van der Waals surface area contributed by atoms with Crippen LogP contribution in [0.25, 0.3) is 0 Å². The summed E-state index contributed by atoms with van der Waals surface area (Å²) in [5.74, 6) is -0.251. The number of hydrogen-bond donors (Lipinski definition) is 2. The van der Waals surface area contributed by atoms with Gasteiger partial charge in [-0.15, -0.1) is 0 Å². The number of nitrogens with two attached hydrogens (primary N) is 1. The van der Waals surface area contributed by atoms with Gasteiger partial charge in [-0.3, -0.25) is 4.79 Å². The average molecular weight is 201 g/mol. The highest BCUT2D eigenvalue weighted by molar-refractivity contribution is 7.80. The third-order valence-corrected chi connectivity index (χ3v) is 2.61. The van der Waals surface area contributed by atoms with E-state index >= 15 is 0 Å². The summed E-state index contributed by atoms with van der Waals surface area (Å²) >= 11 is 5.12. The molecule has 0 saturated carbocycles. The molecule has 1 amide bonds. The molecule has 1 aliphatic heterocycles. The van der Waals surface area contributed by atoms with Crippen molar-refractivity contribution < 1.29 is 4.79 Å². The van der Waals surface area contributed by atoms with Gasteiger partial charge in [-0.2, -0.15) is 0 Å². The number of hydrogen-bond acceptors (Lipinski definition) is 2. The topological polar surface area (TPSA) is 58.4 Å². The van der Waals surface area contributed by atoms with Crippen LogP contribution in [0.1, 0.15) is 13.3 Å². The minimum atomic E-state index is -0.221. The highest BCUT2D eigenvalue weighted by Gasteiger charge is 2.27. The summed E-state index contributed by atoms with van der Waals surface area (Å²) in [5.41, 5.74) is 5.20. The molecule has 0 aromatic carbocycles. The van der Waals surface area contributed by atoms with Crippen LogP contribution in [-0.2, 0) is 4.79 Å². The summed E-state index contributed by atoms with van der Waals surface area (Å²) < 4.78 is 0. The van der Waals surface area contributed by atoms with E-state index in [1.54, 1.807) is 0 Å². The highest BCUT2D eigenvalue weighted by Crippen LogP contribution is 2.15. The number of primary amides is 1. The molecule has 0 radical (unpaired) electrons. The minimum absolute atomic E-state index is 0.0309. The van der Waals surface area contributed by atoms with Gasteiger partial charge >= 0.3 is 0 Å². The smallest absolute Gasteiger partial charge is 0.222 e. The predicted octanol–water partition coefficient (Wildman–Crippen LogP) is -0.312. The van der Waals surface area contributed by atoms with E-state index in [2.05, 4.69) is 5.32 Å². The molecule has 1 rings (SSSR count). The number of carbonyl (C=O) groups is 1. The van der Waals surface area contributed by atoms with Gasteiger partial charge in [0.25, 0.3) is 0 Å². The Bertz CT molecular complexity index is 219. The maximum atomic E-state index is 10.9. The van der Waals surface area contributed by atoms with E-state index in [4.69, 9.17) is 18.0 Å². The van der Waals surface area contributed by atoms with E-state index in [0.29, 0.717) is 6.54 Å². The zero-order valence-corrected chi connectivity index (χ0v) is 8.56. The number of nitrogens with one attached hydrogen (secondary N) is 1. The lowest BCUT2D eigenvalue weighted by Gasteiger charge is -2.19. The quantitative estimate of drug-likeness (QED) is 0.602. The van der Waals surface area contributed by atoms with Crippen molar-refractivity contribution >= 4 is 23.2 Å². The molecule has 3 N–H and O–H groups in total. The second kappa shape index (κ2) is 4.41. The van der Waals surface area contributed by atoms with Crippen LogP contribution in [0.2, 0.25) is 0 Å². The summed E-state index contributed by atoms with van der Waals surface area (Å²) in [6.45, 7) is 4.31. The van der Waals surface area contributed by atoms with Gasteiger partial charge in [0, 0.05) is 19.6 Å². The molecular weight excluding hydrogens is 186 g/mol. The Morgan fingerprint density at radius 3 is 2.92 bits per heavy atom. The van der Waals surface area contributed by atoms with Crippen molar-refractivity contribution in [3.05, 3.63) is 0 Å². The number of carbonyl (C=O) groups excluding carboxylic acids is 1. The standard InChI is InChI=1S/C8H15N3OS/c1-2-10-8(13)11-4-3-6(5-11)7(9)12/h6H,2-5H2,1H3,(H2,9,12)(H,10,13).